The molecule has 0 N–H and O–H groups in total. The monoisotopic (exact) mass is 426 g/mol. The zero-order chi connectivity index (χ0) is 18.3. The molecule has 0 saturated heterocycles. The van der Waals surface area contributed by atoms with Crippen molar-refractivity contribution in [2.24, 2.45) is 0 Å². The first kappa shape index (κ1) is 21.3. The maximum atomic E-state index is 2.45. The SMILES string of the molecule is C1CCC(SC2CCCC(SC3CCCC(SC4CCCCC4)C3)C2)CC1. The summed E-state index contributed by atoms with van der Waals surface area (Å²) in [6.07, 6.45) is 27.2. The summed E-state index contributed by atoms with van der Waals surface area (Å²) < 4.78 is 0. The summed E-state index contributed by atoms with van der Waals surface area (Å²) in [4.78, 5) is 0. The van der Waals surface area contributed by atoms with E-state index in [1.54, 1.807) is 0 Å². The van der Waals surface area contributed by atoms with Gasteiger partial charge in [0.1, 0.15) is 0 Å². The van der Waals surface area contributed by atoms with Crippen molar-refractivity contribution in [1.82, 2.24) is 0 Å². The van der Waals surface area contributed by atoms with Crippen molar-refractivity contribution in [3.05, 3.63) is 0 Å². The van der Waals surface area contributed by atoms with E-state index >= 15 is 0 Å². The molecule has 27 heavy (non-hydrogen) atoms. The average Bonchev–Trinajstić information content (AvgIpc) is 2.70. The number of hydrogen-bond acceptors (Lipinski definition) is 3. The number of rotatable bonds is 6. The van der Waals surface area contributed by atoms with Gasteiger partial charge in [-0.25, -0.2) is 0 Å². The Morgan fingerprint density at radius 1 is 0.296 bits per heavy atom. The fourth-order valence-electron chi connectivity index (χ4n) is 5.92. The summed E-state index contributed by atoms with van der Waals surface area (Å²) in [5.41, 5.74) is 0. The Morgan fingerprint density at radius 3 is 0.963 bits per heavy atom. The highest BCUT2D eigenvalue weighted by atomic mass is 32.2. The highest BCUT2D eigenvalue weighted by Gasteiger charge is 2.31. The van der Waals surface area contributed by atoms with Gasteiger partial charge in [-0.15, -0.1) is 0 Å². The van der Waals surface area contributed by atoms with Crippen LogP contribution in [0.3, 0.4) is 0 Å². The molecule has 0 radical (unpaired) electrons. The highest BCUT2D eigenvalue weighted by molar-refractivity contribution is 8.02. The van der Waals surface area contributed by atoms with Crippen molar-refractivity contribution >= 4 is 35.3 Å². The van der Waals surface area contributed by atoms with Gasteiger partial charge < -0.3 is 0 Å². The molecule has 0 heterocycles. The summed E-state index contributed by atoms with van der Waals surface area (Å²) in [5.74, 6) is 0. The lowest BCUT2D eigenvalue weighted by Gasteiger charge is -2.36. The Hall–Kier alpha value is 1.05. The predicted octanol–water partition coefficient (Wildman–Crippen LogP) is 8.47. The van der Waals surface area contributed by atoms with E-state index in [0.717, 1.165) is 31.5 Å². The van der Waals surface area contributed by atoms with Crippen LogP contribution in [0.15, 0.2) is 0 Å². The second-order valence-electron chi connectivity index (χ2n) is 9.75. The summed E-state index contributed by atoms with van der Waals surface area (Å²) in [6.45, 7) is 0. The van der Waals surface area contributed by atoms with Crippen LogP contribution in [-0.4, -0.2) is 31.5 Å². The molecule has 4 atom stereocenters. The highest BCUT2D eigenvalue weighted by Crippen LogP contribution is 2.45. The molecule has 0 aromatic carbocycles. The van der Waals surface area contributed by atoms with Crippen LogP contribution < -0.4 is 0 Å². The Bertz CT molecular complexity index is 376. The third-order valence-corrected chi connectivity index (χ3v) is 12.4. The van der Waals surface area contributed by atoms with E-state index in [0.29, 0.717) is 0 Å². The Morgan fingerprint density at radius 2 is 0.593 bits per heavy atom. The fraction of sp³-hybridized carbons (Fsp3) is 1.00. The average molecular weight is 427 g/mol. The van der Waals surface area contributed by atoms with Crippen molar-refractivity contribution in [3.63, 3.8) is 0 Å². The van der Waals surface area contributed by atoms with E-state index in [2.05, 4.69) is 35.3 Å². The Balaban J connectivity index is 1.19. The molecule has 0 nitrogen and oxygen atoms in total. The predicted molar refractivity (Wildman–Crippen MR) is 129 cm³/mol. The molecule has 0 amide bonds. The zero-order valence-corrected chi connectivity index (χ0v) is 19.9. The maximum Gasteiger partial charge on any atom is 0.00603 e. The summed E-state index contributed by atoms with van der Waals surface area (Å²) in [7, 11) is 0. The second kappa shape index (κ2) is 11.4. The summed E-state index contributed by atoms with van der Waals surface area (Å²) in [5, 5.41) is 5.99. The van der Waals surface area contributed by atoms with Gasteiger partial charge >= 0.3 is 0 Å². The van der Waals surface area contributed by atoms with E-state index in [1.807, 2.05) is 0 Å². The third-order valence-electron chi connectivity index (χ3n) is 7.42. The summed E-state index contributed by atoms with van der Waals surface area (Å²) in [6, 6.07) is 0. The molecule has 4 aliphatic carbocycles. The van der Waals surface area contributed by atoms with E-state index in [1.165, 1.54) is 116 Å². The third kappa shape index (κ3) is 7.06. The molecule has 3 heteroatoms. The lowest BCUT2D eigenvalue weighted by Crippen LogP contribution is -2.27. The molecule has 0 aliphatic heterocycles. The lowest BCUT2D eigenvalue weighted by molar-refractivity contribution is 0.490. The van der Waals surface area contributed by atoms with Gasteiger partial charge in [0, 0.05) is 31.5 Å². The zero-order valence-electron chi connectivity index (χ0n) is 17.4. The van der Waals surface area contributed by atoms with Crippen molar-refractivity contribution < 1.29 is 0 Å². The Kier molecular flexibility index (Phi) is 9.02. The molecule has 4 rings (SSSR count). The van der Waals surface area contributed by atoms with Gasteiger partial charge in [-0.2, -0.15) is 35.3 Å². The van der Waals surface area contributed by atoms with Crippen LogP contribution in [0.5, 0.6) is 0 Å². The van der Waals surface area contributed by atoms with Gasteiger partial charge in [-0.3, -0.25) is 0 Å². The van der Waals surface area contributed by atoms with Gasteiger partial charge in [0.2, 0.25) is 0 Å². The van der Waals surface area contributed by atoms with Gasteiger partial charge in [0.15, 0.2) is 0 Å². The molecule has 0 bridgehead atoms. The number of hydrogen-bond donors (Lipinski definition) is 0. The minimum Gasteiger partial charge on any atom is -0.155 e. The fourth-order valence-corrected chi connectivity index (χ4v) is 11.6. The molecule has 4 saturated carbocycles. The van der Waals surface area contributed by atoms with Crippen LogP contribution in [0.2, 0.25) is 0 Å². The molecule has 4 unspecified atom stereocenters. The molecule has 4 fully saturated rings. The van der Waals surface area contributed by atoms with E-state index in [-0.39, 0.29) is 0 Å². The summed E-state index contributed by atoms with van der Waals surface area (Å²) >= 11 is 7.27. The van der Waals surface area contributed by atoms with E-state index in [9.17, 15) is 0 Å². The standard InChI is InChI=1S/C24H42S3/c1-3-9-19(10-4-1)25-21-13-7-15-23(17-21)27-24-16-8-14-22(18-24)26-20-11-5-2-6-12-20/h19-24H,1-18H2. The maximum absolute atomic E-state index is 2.45. The number of thioether (sulfide) groups is 3. The first-order chi connectivity index (χ1) is 13.3. The molecule has 0 spiro atoms. The topological polar surface area (TPSA) is 0 Å². The normalized spacial score (nSPS) is 37.3. The van der Waals surface area contributed by atoms with Crippen molar-refractivity contribution in [3.8, 4) is 0 Å². The van der Waals surface area contributed by atoms with E-state index in [4.69, 9.17) is 0 Å². The van der Waals surface area contributed by atoms with Crippen molar-refractivity contribution in [2.45, 2.75) is 147 Å². The van der Waals surface area contributed by atoms with Crippen LogP contribution in [0.4, 0.5) is 0 Å². The smallest absolute Gasteiger partial charge is 0.00603 e. The second-order valence-corrected chi connectivity index (χ2v) is 14.6. The van der Waals surface area contributed by atoms with Crippen LogP contribution in [0, 0.1) is 0 Å². The van der Waals surface area contributed by atoms with Gasteiger partial charge in [-0.05, 0) is 64.2 Å². The van der Waals surface area contributed by atoms with Gasteiger partial charge in [0.25, 0.3) is 0 Å². The lowest BCUT2D eigenvalue weighted by atomic mass is 9.99. The molecule has 4 aliphatic rings. The van der Waals surface area contributed by atoms with Crippen LogP contribution in [0.25, 0.3) is 0 Å². The molecule has 0 aromatic heterocycles. The van der Waals surface area contributed by atoms with Crippen LogP contribution in [0.1, 0.15) is 116 Å². The van der Waals surface area contributed by atoms with Crippen LogP contribution >= 0.6 is 35.3 Å². The Labute approximate surface area is 181 Å². The molecular weight excluding hydrogens is 384 g/mol. The quantitative estimate of drug-likeness (QED) is 0.418. The van der Waals surface area contributed by atoms with Gasteiger partial charge in [0.05, 0.1) is 0 Å². The van der Waals surface area contributed by atoms with Crippen molar-refractivity contribution in [2.75, 3.05) is 0 Å². The largest absolute Gasteiger partial charge is 0.155 e. The van der Waals surface area contributed by atoms with Gasteiger partial charge in [-0.1, -0.05) is 51.4 Å². The van der Waals surface area contributed by atoms with Crippen molar-refractivity contribution in [1.29, 1.82) is 0 Å². The molecule has 156 valence electrons. The molecular formula is C24H42S3. The first-order valence-corrected chi connectivity index (χ1v) is 15.1. The van der Waals surface area contributed by atoms with E-state index < -0.39 is 0 Å². The minimum absolute atomic E-state index is 0.989. The first-order valence-electron chi connectivity index (χ1n) is 12.3. The minimum atomic E-state index is 0.989. The van der Waals surface area contributed by atoms with Crippen LogP contribution in [-0.2, 0) is 0 Å². The molecule has 0 aromatic rings.